The predicted molar refractivity (Wildman–Crippen MR) is 185 cm³/mol. The lowest BCUT2D eigenvalue weighted by Crippen LogP contribution is -2.08. The maximum absolute atomic E-state index is 13.8. The van der Waals surface area contributed by atoms with Gasteiger partial charge in [-0.2, -0.15) is 9.97 Å². The van der Waals surface area contributed by atoms with Gasteiger partial charge in [0.15, 0.2) is 34.2 Å². The molecule has 6 rings (SSSR count). The third-order valence-corrected chi connectivity index (χ3v) is 6.83. The van der Waals surface area contributed by atoms with Crippen molar-refractivity contribution in [2.45, 2.75) is 19.7 Å². The number of ether oxygens (including phenoxy) is 1. The number of nitrogens with zero attached hydrogens (tertiary/aromatic N) is 6. The van der Waals surface area contributed by atoms with Crippen molar-refractivity contribution in [1.29, 1.82) is 0 Å². The van der Waals surface area contributed by atoms with E-state index in [2.05, 4.69) is 40.5 Å². The molecule has 19 heteroatoms. The van der Waals surface area contributed by atoms with Crippen molar-refractivity contribution in [1.82, 2.24) is 29.9 Å². The van der Waals surface area contributed by atoms with Gasteiger partial charge in [0.05, 0.1) is 18.6 Å². The van der Waals surface area contributed by atoms with E-state index >= 15 is 0 Å². The van der Waals surface area contributed by atoms with Gasteiger partial charge in [0, 0.05) is 32.6 Å². The van der Waals surface area contributed by atoms with Crippen molar-refractivity contribution >= 4 is 54.9 Å². The fourth-order valence-corrected chi connectivity index (χ4v) is 4.15. The van der Waals surface area contributed by atoms with Gasteiger partial charge in [-0.15, -0.1) is 0 Å². The van der Waals surface area contributed by atoms with Gasteiger partial charge in [-0.1, -0.05) is 60.1 Å². The lowest BCUT2D eigenvalue weighted by atomic mass is 10.2. The number of anilines is 2. The third kappa shape index (κ3) is 13.2. The van der Waals surface area contributed by atoms with Crippen LogP contribution in [0.1, 0.15) is 16.7 Å². The van der Waals surface area contributed by atoms with Crippen molar-refractivity contribution in [2.24, 2.45) is 0 Å². The van der Waals surface area contributed by atoms with Crippen molar-refractivity contribution in [3.63, 3.8) is 0 Å². The number of nitrogens with one attached hydrogen (secondary N) is 2. The molecule has 0 spiro atoms. The average molecular weight is 779 g/mol. The Kier molecular flexibility index (Phi) is 16.3. The molecule has 3 radical (unpaired) electrons. The Labute approximate surface area is 310 Å². The van der Waals surface area contributed by atoms with Crippen LogP contribution in [0.4, 0.5) is 38.0 Å². The summed E-state index contributed by atoms with van der Waals surface area (Å²) in [5, 5.41) is 5.00. The number of hydrogen-bond acceptors (Lipinski definition) is 9. The van der Waals surface area contributed by atoms with Crippen LogP contribution < -0.4 is 15.4 Å². The molecule has 0 aliphatic heterocycles. The second-order valence-corrected chi connectivity index (χ2v) is 10.8. The molecule has 0 saturated carbocycles. The van der Waals surface area contributed by atoms with Crippen LogP contribution in [-0.2, 0) is 19.7 Å². The van der Waals surface area contributed by atoms with Gasteiger partial charge >= 0.3 is 6.01 Å². The Morgan fingerprint density at radius 3 is 1.54 bits per heavy atom. The minimum Gasteiger partial charge on any atom is -0.459 e. The van der Waals surface area contributed by atoms with Crippen molar-refractivity contribution in [3.05, 3.63) is 159 Å². The summed E-state index contributed by atoms with van der Waals surface area (Å²) in [7, 11) is 0. The molecule has 0 unspecified atom stereocenters. The third-order valence-electron chi connectivity index (χ3n) is 6.20. The zero-order chi connectivity index (χ0) is 36.8. The quantitative estimate of drug-likeness (QED) is 0.0645. The van der Waals surface area contributed by atoms with E-state index in [4.69, 9.17) is 39.5 Å². The van der Waals surface area contributed by atoms with E-state index in [-0.39, 0.29) is 73.1 Å². The predicted octanol–water partition coefficient (Wildman–Crippen LogP) is 8.65. The molecule has 0 atom stereocenters. The van der Waals surface area contributed by atoms with Gasteiger partial charge in [0.1, 0.15) is 24.1 Å². The molecule has 267 valence electrons. The molecule has 0 aliphatic carbocycles. The van der Waals surface area contributed by atoms with Gasteiger partial charge in [0.25, 0.3) is 0 Å². The summed E-state index contributed by atoms with van der Waals surface area (Å²) in [4.78, 5) is 21.5. The second-order valence-electron chi connectivity index (χ2n) is 9.77. The zero-order valence-corrected chi connectivity index (χ0v) is 28.6. The zero-order valence-electron chi connectivity index (χ0n) is 26.4. The first-order chi connectivity index (χ1) is 24.5. The van der Waals surface area contributed by atoms with Crippen LogP contribution in [0.2, 0.25) is 15.7 Å². The van der Waals surface area contributed by atoms with E-state index in [1.807, 2.05) is 0 Å². The monoisotopic (exact) mass is 777 g/mol. The summed E-state index contributed by atoms with van der Waals surface area (Å²) < 4.78 is 84.3. The second kappa shape index (κ2) is 20.6. The van der Waals surface area contributed by atoms with E-state index in [0.29, 0.717) is 11.1 Å². The lowest BCUT2D eigenvalue weighted by Gasteiger charge is -2.09. The van der Waals surface area contributed by atoms with Crippen LogP contribution in [0.15, 0.2) is 91.4 Å². The van der Waals surface area contributed by atoms with E-state index in [1.165, 1.54) is 24.3 Å². The van der Waals surface area contributed by atoms with Crippen LogP contribution >= 0.6 is 34.8 Å². The Morgan fingerprint density at radius 2 is 1.02 bits per heavy atom. The molecule has 3 aromatic carbocycles. The van der Waals surface area contributed by atoms with Gasteiger partial charge in [-0.05, 0) is 53.0 Å². The maximum Gasteiger partial charge on any atom is 0.318 e. The Bertz CT molecular complexity index is 2060. The first-order valence-corrected chi connectivity index (χ1v) is 15.5. The van der Waals surface area contributed by atoms with Gasteiger partial charge in [0.2, 0.25) is 10.6 Å². The molecule has 3 heterocycles. The highest BCUT2D eigenvalue weighted by Gasteiger charge is 2.10. The van der Waals surface area contributed by atoms with Crippen molar-refractivity contribution in [2.75, 3.05) is 10.6 Å². The highest BCUT2D eigenvalue weighted by molar-refractivity contribution is 6.31. The SMILES string of the molecule is Fc1ccc(COc2ncc(F)c(NCc3ccccc3F)n2)cc1.Fc1ccccc1CNc1nc(Cl)ncc1F.Fc1cnc(Cl)nc1Cl.[B]. The maximum atomic E-state index is 13.8. The number of halogens is 9. The van der Waals surface area contributed by atoms with Gasteiger partial charge in [-0.3, -0.25) is 0 Å². The summed E-state index contributed by atoms with van der Waals surface area (Å²) in [5.41, 5.74) is 1.52. The van der Waals surface area contributed by atoms with Crippen LogP contribution in [0.5, 0.6) is 6.01 Å². The molecule has 2 N–H and O–H groups in total. The average Bonchev–Trinajstić information content (AvgIpc) is 3.12. The van der Waals surface area contributed by atoms with Crippen molar-refractivity contribution in [3.8, 4) is 6.01 Å². The smallest absolute Gasteiger partial charge is 0.318 e. The summed E-state index contributed by atoms with van der Waals surface area (Å²) in [5.74, 6) is -3.21. The number of rotatable bonds is 9. The first-order valence-electron chi connectivity index (χ1n) is 14.3. The summed E-state index contributed by atoms with van der Waals surface area (Å²) in [6, 6.07) is 18.1. The fraction of sp³-hybridized carbons (Fsp3) is 0.0909. The van der Waals surface area contributed by atoms with Crippen LogP contribution in [-0.4, -0.2) is 38.3 Å². The molecule has 0 aliphatic rings. The molecule has 0 amide bonds. The molecular weight excluding hydrogens is 756 g/mol. The number of hydrogen-bond donors (Lipinski definition) is 2. The van der Waals surface area contributed by atoms with Gasteiger partial charge in [-0.25, -0.2) is 46.3 Å². The Hall–Kier alpha value is -5.19. The highest BCUT2D eigenvalue weighted by Crippen LogP contribution is 2.18. The number of benzene rings is 3. The molecule has 0 bridgehead atoms. The summed E-state index contributed by atoms with van der Waals surface area (Å²) >= 11 is 16.0. The molecular formula is C33H23BCl3F6N8O. The van der Waals surface area contributed by atoms with Crippen LogP contribution in [0, 0.1) is 34.9 Å². The minimum absolute atomic E-state index is 0. The molecule has 0 fully saturated rings. The van der Waals surface area contributed by atoms with Crippen LogP contribution in [0.3, 0.4) is 0 Å². The van der Waals surface area contributed by atoms with Crippen molar-refractivity contribution < 1.29 is 31.1 Å². The molecule has 9 nitrogen and oxygen atoms in total. The van der Waals surface area contributed by atoms with E-state index < -0.39 is 23.3 Å². The van der Waals surface area contributed by atoms with Gasteiger partial charge < -0.3 is 15.4 Å². The Balaban J connectivity index is 0.000000233. The Morgan fingerprint density at radius 1 is 0.538 bits per heavy atom. The normalized spacial score (nSPS) is 10.1. The fourth-order valence-electron chi connectivity index (χ4n) is 3.71. The topological polar surface area (TPSA) is 111 Å². The lowest BCUT2D eigenvalue weighted by molar-refractivity contribution is 0.279. The largest absolute Gasteiger partial charge is 0.459 e. The van der Waals surface area contributed by atoms with E-state index in [9.17, 15) is 26.3 Å². The van der Waals surface area contributed by atoms with E-state index in [0.717, 1.165) is 24.2 Å². The molecule has 3 aromatic heterocycles. The summed E-state index contributed by atoms with van der Waals surface area (Å²) in [6.45, 7) is 0.299. The molecule has 0 saturated heterocycles. The standard InChI is InChI=1S/C18H14F3N3O.C11H8ClF2N3.C4HCl2FN2.B/c19-14-7-5-12(6-8-14)11-25-18-23-10-16(21)17(24-18)22-9-13-3-1-2-4-15(13)20;12-11-16-6-9(14)10(17-11)15-5-7-3-1-2-4-8(7)13;5-3-2(7)1-8-4(6)9-3;/h1-8,10H,9,11H2,(H,22,23,24);1-4,6H,5H2,(H,15,16,17);1H;. The number of aromatic nitrogens is 6. The summed E-state index contributed by atoms with van der Waals surface area (Å²) in [6.07, 6.45) is 2.84. The molecule has 52 heavy (non-hydrogen) atoms. The first kappa shape index (κ1) is 41.2. The van der Waals surface area contributed by atoms with E-state index in [1.54, 1.807) is 48.5 Å². The molecule has 6 aromatic rings. The van der Waals surface area contributed by atoms with Crippen LogP contribution in [0.25, 0.3) is 0 Å². The minimum atomic E-state index is -0.675. The highest BCUT2D eigenvalue weighted by atomic mass is 35.5.